The molecule has 2 atom stereocenters. The lowest BCUT2D eigenvalue weighted by Gasteiger charge is -2.38. The van der Waals surface area contributed by atoms with E-state index in [4.69, 9.17) is 9.47 Å². The Balaban J connectivity index is 1.89. The molecule has 1 heterocycles. The van der Waals surface area contributed by atoms with Gasteiger partial charge in [-0.25, -0.2) is 8.42 Å². The molecule has 0 fully saturated rings. The molecule has 0 saturated carbocycles. The van der Waals surface area contributed by atoms with Crippen LogP contribution in [0.1, 0.15) is 38.8 Å². The van der Waals surface area contributed by atoms with Crippen LogP contribution in [0.25, 0.3) is 0 Å². The second kappa shape index (κ2) is 8.18. The number of hydrogen-bond donors (Lipinski definition) is 1. The van der Waals surface area contributed by atoms with Crippen LogP contribution in [0.3, 0.4) is 0 Å². The van der Waals surface area contributed by atoms with Crippen LogP contribution >= 0.6 is 0 Å². The Kier molecular flexibility index (Phi) is 5.99. The highest BCUT2D eigenvalue weighted by Gasteiger charge is 2.36. The molecule has 7 nitrogen and oxygen atoms in total. The summed E-state index contributed by atoms with van der Waals surface area (Å²) in [5.74, 6) is 0.842. The quantitative estimate of drug-likeness (QED) is 0.757. The fourth-order valence-electron chi connectivity index (χ4n) is 3.78. The summed E-state index contributed by atoms with van der Waals surface area (Å²) >= 11 is 0. The normalized spacial score (nSPS) is 18.5. The van der Waals surface area contributed by atoms with Crippen molar-refractivity contribution >= 4 is 21.6 Å². The van der Waals surface area contributed by atoms with Crippen LogP contribution in [-0.4, -0.2) is 39.3 Å². The Bertz CT molecular complexity index is 1040. The molecular formula is C22H28N2O5S. The Morgan fingerprint density at radius 1 is 1.23 bits per heavy atom. The molecule has 2 aromatic rings. The van der Waals surface area contributed by atoms with E-state index in [1.807, 2.05) is 38.1 Å². The highest BCUT2D eigenvalue weighted by atomic mass is 32.2. The van der Waals surface area contributed by atoms with E-state index in [0.29, 0.717) is 17.9 Å². The lowest BCUT2D eigenvalue weighted by atomic mass is 9.89. The van der Waals surface area contributed by atoms with Gasteiger partial charge in [0.05, 0.1) is 25.1 Å². The van der Waals surface area contributed by atoms with Crippen LogP contribution in [0.5, 0.6) is 11.5 Å². The number of benzene rings is 2. The van der Waals surface area contributed by atoms with Crippen molar-refractivity contribution in [1.29, 1.82) is 0 Å². The van der Waals surface area contributed by atoms with Gasteiger partial charge in [-0.1, -0.05) is 24.3 Å². The molecule has 0 aromatic heterocycles. The summed E-state index contributed by atoms with van der Waals surface area (Å²) in [7, 11) is -2.21. The summed E-state index contributed by atoms with van der Waals surface area (Å²) in [4.78, 5) is 13.2. The molecule has 0 unspecified atom stereocenters. The number of hydrogen-bond acceptors (Lipinski definition) is 5. The Morgan fingerprint density at radius 2 is 1.93 bits per heavy atom. The third-order valence-electron chi connectivity index (χ3n) is 5.09. The van der Waals surface area contributed by atoms with Crippen LogP contribution in [0, 0.1) is 0 Å². The molecule has 8 heteroatoms. The number of carbonyl (C=O) groups is 1. The van der Waals surface area contributed by atoms with E-state index in [1.165, 1.54) is 7.11 Å². The zero-order valence-electron chi connectivity index (χ0n) is 17.9. The molecule has 3 rings (SSSR count). The number of ether oxygens (including phenoxy) is 2. The third-order valence-corrected chi connectivity index (χ3v) is 6.33. The van der Waals surface area contributed by atoms with E-state index in [0.717, 1.165) is 21.9 Å². The topological polar surface area (TPSA) is 84.9 Å². The van der Waals surface area contributed by atoms with Crippen LogP contribution in [0.15, 0.2) is 48.5 Å². The van der Waals surface area contributed by atoms with Gasteiger partial charge in [0.1, 0.15) is 23.1 Å². The SMILES string of the molecule is COc1cccc(N([C@@H](C)C(=O)N[C@@H]2CC(C)(C)Oc3ccccc32)S(C)(=O)=O)c1. The lowest BCUT2D eigenvalue weighted by Crippen LogP contribution is -2.50. The molecule has 0 spiro atoms. The maximum atomic E-state index is 13.2. The van der Waals surface area contributed by atoms with Crippen molar-refractivity contribution in [2.24, 2.45) is 0 Å². The van der Waals surface area contributed by atoms with Gasteiger partial charge in [-0.15, -0.1) is 0 Å². The summed E-state index contributed by atoms with van der Waals surface area (Å²) in [5, 5.41) is 3.03. The number of methoxy groups -OCH3 is 1. The Labute approximate surface area is 178 Å². The van der Waals surface area contributed by atoms with Crippen molar-refractivity contribution in [2.45, 2.75) is 44.9 Å². The van der Waals surface area contributed by atoms with Gasteiger partial charge in [0.2, 0.25) is 15.9 Å². The lowest BCUT2D eigenvalue weighted by molar-refractivity contribution is -0.123. The summed E-state index contributed by atoms with van der Waals surface area (Å²) in [6, 6.07) is 13.0. The predicted molar refractivity (Wildman–Crippen MR) is 116 cm³/mol. The number of fused-ring (bicyclic) bond motifs is 1. The summed E-state index contributed by atoms with van der Waals surface area (Å²) < 4.78 is 37.4. The first-order valence-corrected chi connectivity index (χ1v) is 11.6. The average molecular weight is 433 g/mol. The molecular weight excluding hydrogens is 404 g/mol. The number of nitrogens with zero attached hydrogens (tertiary/aromatic N) is 1. The second-order valence-electron chi connectivity index (χ2n) is 8.10. The molecule has 0 radical (unpaired) electrons. The highest BCUT2D eigenvalue weighted by Crippen LogP contribution is 2.39. The minimum Gasteiger partial charge on any atom is -0.497 e. The number of nitrogens with one attached hydrogen (secondary N) is 1. The van der Waals surface area contributed by atoms with E-state index in [1.54, 1.807) is 31.2 Å². The molecule has 0 aliphatic carbocycles. The Hall–Kier alpha value is -2.74. The van der Waals surface area contributed by atoms with Crippen molar-refractivity contribution in [3.63, 3.8) is 0 Å². The van der Waals surface area contributed by atoms with Gasteiger partial charge in [-0.2, -0.15) is 0 Å². The predicted octanol–water partition coefficient (Wildman–Crippen LogP) is 3.27. The number of para-hydroxylation sites is 1. The molecule has 1 aliphatic heterocycles. The molecule has 1 aliphatic rings. The van der Waals surface area contributed by atoms with Crippen LogP contribution in [0.4, 0.5) is 5.69 Å². The number of carbonyl (C=O) groups excluding carboxylic acids is 1. The standard InChI is InChI=1S/C22H28N2O5S/c1-15(24(30(5,26)27)16-9-8-10-17(13-16)28-4)21(25)23-19-14-22(2,3)29-20-12-7-6-11-18(19)20/h6-13,15,19H,14H2,1-5H3,(H,23,25)/t15-,19+/m0/s1. The highest BCUT2D eigenvalue weighted by molar-refractivity contribution is 7.92. The summed E-state index contributed by atoms with van der Waals surface area (Å²) in [6.45, 7) is 5.50. The van der Waals surface area contributed by atoms with E-state index < -0.39 is 21.7 Å². The maximum absolute atomic E-state index is 13.2. The number of anilines is 1. The van der Waals surface area contributed by atoms with E-state index in [2.05, 4.69) is 5.32 Å². The van der Waals surface area contributed by atoms with Gasteiger partial charge in [0.25, 0.3) is 0 Å². The van der Waals surface area contributed by atoms with Crippen LogP contribution in [0.2, 0.25) is 0 Å². The first-order valence-electron chi connectivity index (χ1n) is 9.73. The minimum absolute atomic E-state index is 0.286. The fourth-order valence-corrected chi connectivity index (χ4v) is 4.95. The molecule has 30 heavy (non-hydrogen) atoms. The van der Waals surface area contributed by atoms with Gasteiger partial charge in [0.15, 0.2) is 0 Å². The minimum atomic E-state index is -3.72. The summed E-state index contributed by atoms with van der Waals surface area (Å²) in [5.41, 5.74) is 0.788. The fraction of sp³-hybridized carbons (Fsp3) is 0.409. The zero-order valence-corrected chi connectivity index (χ0v) is 18.7. The molecule has 1 amide bonds. The van der Waals surface area contributed by atoms with E-state index in [9.17, 15) is 13.2 Å². The van der Waals surface area contributed by atoms with Crippen molar-refractivity contribution in [3.05, 3.63) is 54.1 Å². The van der Waals surface area contributed by atoms with Crippen LogP contribution in [-0.2, 0) is 14.8 Å². The second-order valence-corrected chi connectivity index (χ2v) is 9.96. The number of rotatable bonds is 6. The molecule has 0 saturated heterocycles. The maximum Gasteiger partial charge on any atom is 0.244 e. The third kappa shape index (κ3) is 4.70. The van der Waals surface area contributed by atoms with Gasteiger partial charge in [-0.3, -0.25) is 9.10 Å². The van der Waals surface area contributed by atoms with Gasteiger partial charge < -0.3 is 14.8 Å². The number of amides is 1. The smallest absolute Gasteiger partial charge is 0.244 e. The molecule has 162 valence electrons. The van der Waals surface area contributed by atoms with E-state index >= 15 is 0 Å². The van der Waals surface area contributed by atoms with Crippen molar-refractivity contribution < 1.29 is 22.7 Å². The first kappa shape index (κ1) is 22.0. The number of sulfonamides is 1. The monoisotopic (exact) mass is 432 g/mol. The molecule has 1 N–H and O–H groups in total. The van der Waals surface area contributed by atoms with Gasteiger partial charge in [0, 0.05) is 18.1 Å². The first-order chi connectivity index (χ1) is 14.0. The molecule has 2 aromatic carbocycles. The van der Waals surface area contributed by atoms with E-state index in [-0.39, 0.29) is 11.9 Å². The molecule has 0 bridgehead atoms. The van der Waals surface area contributed by atoms with Crippen molar-refractivity contribution in [1.82, 2.24) is 5.32 Å². The zero-order chi connectivity index (χ0) is 22.1. The van der Waals surface area contributed by atoms with Crippen LogP contribution < -0.4 is 19.1 Å². The average Bonchev–Trinajstić information content (AvgIpc) is 2.66. The summed E-state index contributed by atoms with van der Waals surface area (Å²) in [6.07, 6.45) is 1.66. The van der Waals surface area contributed by atoms with Gasteiger partial charge >= 0.3 is 0 Å². The van der Waals surface area contributed by atoms with Crippen molar-refractivity contribution in [3.8, 4) is 11.5 Å². The Morgan fingerprint density at radius 3 is 2.60 bits per heavy atom. The van der Waals surface area contributed by atoms with Crippen molar-refractivity contribution in [2.75, 3.05) is 17.7 Å². The van der Waals surface area contributed by atoms with Gasteiger partial charge in [-0.05, 0) is 39.0 Å². The largest absolute Gasteiger partial charge is 0.497 e.